The van der Waals surface area contributed by atoms with Crippen molar-refractivity contribution in [1.82, 2.24) is 9.80 Å². The number of aliphatic hydroxyl groups excluding tert-OH is 1. The third kappa shape index (κ3) is 3.34. The van der Waals surface area contributed by atoms with Crippen molar-refractivity contribution in [2.45, 2.75) is 67.2 Å². The molecule has 22 heavy (non-hydrogen) atoms. The molecule has 126 valence electrons. The first-order chi connectivity index (χ1) is 10.8. The van der Waals surface area contributed by atoms with Gasteiger partial charge in [-0.25, -0.2) is 0 Å². The van der Waals surface area contributed by atoms with Crippen molar-refractivity contribution in [2.75, 3.05) is 37.7 Å². The Kier molecular flexibility index (Phi) is 5.27. The topological polar surface area (TPSA) is 26.7 Å². The van der Waals surface area contributed by atoms with E-state index in [1.54, 1.807) is 0 Å². The van der Waals surface area contributed by atoms with E-state index in [2.05, 4.69) is 33.3 Å². The predicted octanol–water partition coefficient (Wildman–Crippen LogP) is 2.29. The highest BCUT2D eigenvalue weighted by molar-refractivity contribution is 8.00. The molecule has 0 aromatic carbocycles. The van der Waals surface area contributed by atoms with Crippen LogP contribution in [0, 0.1) is 0 Å². The molecule has 1 N–H and O–H groups in total. The zero-order valence-electron chi connectivity index (χ0n) is 13.5. The number of rotatable bonds is 4. The summed E-state index contributed by atoms with van der Waals surface area (Å²) >= 11 is 4.35. The van der Waals surface area contributed by atoms with Crippen molar-refractivity contribution < 1.29 is 5.11 Å². The molecule has 5 atom stereocenters. The predicted molar refractivity (Wildman–Crippen MR) is 96.9 cm³/mol. The molecule has 0 amide bonds. The van der Waals surface area contributed by atoms with Crippen LogP contribution in [-0.2, 0) is 0 Å². The summed E-state index contributed by atoms with van der Waals surface area (Å²) in [5, 5.41) is 12.4. The van der Waals surface area contributed by atoms with Gasteiger partial charge in [0.15, 0.2) is 0 Å². The minimum Gasteiger partial charge on any atom is -0.390 e. The summed E-state index contributed by atoms with van der Waals surface area (Å²) in [6, 6.07) is 1.51. The highest BCUT2D eigenvalue weighted by atomic mass is 32.2. The Bertz CT molecular complexity index is 350. The van der Waals surface area contributed by atoms with Gasteiger partial charge < -0.3 is 5.11 Å². The molecule has 1 unspecified atom stereocenters. The number of thioether (sulfide) groups is 2. The van der Waals surface area contributed by atoms with Crippen LogP contribution in [0.2, 0.25) is 0 Å². The second-order valence-electron chi connectivity index (χ2n) is 7.46. The smallest absolute Gasteiger partial charge is 0.0794 e. The third-order valence-corrected chi connectivity index (χ3v) is 8.88. The Morgan fingerprint density at radius 1 is 0.818 bits per heavy atom. The largest absolute Gasteiger partial charge is 0.390 e. The minimum atomic E-state index is -0.159. The Morgan fingerprint density at radius 3 is 1.82 bits per heavy atom. The van der Waals surface area contributed by atoms with Crippen LogP contribution in [0.25, 0.3) is 0 Å². The second kappa shape index (κ2) is 7.22. The molecule has 5 heteroatoms. The first-order valence-electron chi connectivity index (χ1n) is 9.20. The van der Waals surface area contributed by atoms with Gasteiger partial charge in [-0.3, -0.25) is 9.80 Å². The Hall–Kier alpha value is 0.580. The maximum atomic E-state index is 10.7. The monoisotopic (exact) mass is 342 g/mol. The van der Waals surface area contributed by atoms with Gasteiger partial charge in [0.05, 0.1) is 6.10 Å². The van der Waals surface area contributed by atoms with Gasteiger partial charge in [0.2, 0.25) is 0 Å². The van der Waals surface area contributed by atoms with Gasteiger partial charge in [-0.1, -0.05) is 12.8 Å². The van der Waals surface area contributed by atoms with E-state index >= 15 is 0 Å². The molecule has 2 aliphatic carbocycles. The number of nitrogens with zero attached hydrogens (tertiary/aromatic N) is 2. The lowest BCUT2D eigenvalue weighted by Crippen LogP contribution is -2.52. The lowest BCUT2D eigenvalue weighted by molar-refractivity contribution is 0.0486. The number of hydrogen-bond donors (Lipinski definition) is 1. The summed E-state index contributed by atoms with van der Waals surface area (Å²) in [5.41, 5.74) is 0. The van der Waals surface area contributed by atoms with Gasteiger partial charge in [0, 0.05) is 60.3 Å². The number of β-amino-alcohol motifs (C(OH)–C–C–N with tert-alkyl or cyclic N) is 1. The van der Waals surface area contributed by atoms with Gasteiger partial charge in [-0.2, -0.15) is 23.5 Å². The highest BCUT2D eigenvalue weighted by Gasteiger charge is 2.38. The molecular formula is C17H30N2OS2. The van der Waals surface area contributed by atoms with Crippen LogP contribution in [0.1, 0.15) is 38.5 Å². The van der Waals surface area contributed by atoms with Crippen molar-refractivity contribution in [2.24, 2.45) is 0 Å². The normalized spacial score (nSPS) is 41.3. The maximum Gasteiger partial charge on any atom is 0.0794 e. The average molecular weight is 343 g/mol. The quantitative estimate of drug-likeness (QED) is 0.846. The van der Waals surface area contributed by atoms with Crippen molar-refractivity contribution in [3.05, 3.63) is 0 Å². The molecule has 0 bridgehead atoms. The molecule has 2 aliphatic heterocycles. The first kappa shape index (κ1) is 16.1. The van der Waals surface area contributed by atoms with Gasteiger partial charge >= 0.3 is 0 Å². The van der Waals surface area contributed by atoms with E-state index in [1.165, 1.54) is 63.1 Å². The molecule has 0 aromatic heterocycles. The molecule has 2 saturated heterocycles. The molecule has 2 heterocycles. The fourth-order valence-corrected chi connectivity index (χ4v) is 8.08. The molecule has 3 nitrogen and oxygen atoms in total. The van der Waals surface area contributed by atoms with Gasteiger partial charge in [-0.05, 0) is 25.7 Å². The summed E-state index contributed by atoms with van der Waals surface area (Å²) in [4.78, 5) is 5.23. The summed E-state index contributed by atoms with van der Waals surface area (Å²) in [6.07, 6.45) is 8.13. The number of fused-ring (bicyclic) bond motifs is 2. The van der Waals surface area contributed by atoms with E-state index in [4.69, 9.17) is 0 Å². The van der Waals surface area contributed by atoms with Gasteiger partial charge in [0.1, 0.15) is 0 Å². The van der Waals surface area contributed by atoms with E-state index in [1.807, 2.05) is 0 Å². The number of aliphatic hydroxyl groups is 1. The molecule has 2 saturated carbocycles. The zero-order valence-corrected chi connectivity index (χ0v) is 15.2. The Balaban J connectivity index is 1.31. The Labute approximate surface area is 143 Å². The van der Waals surface area contributed by atoms with E-state index < -0.39 is 0 Å². The lowest BCUT2D eigenvalue weighted by Gasteiger charge is -2.41. The van der Waals surface area contributed by atoms with E-state index in [0.717, 1.165) is 35.7 Å². The zero-order chi connectivity index (χ0) is 14.9. The van der Waals surface area contributed by atoms with Crippen LogP contribution < -0.4 is 0 Å². The highest BCUT2D eigenvalue weighted by Crippen LogP contribution is 2.38. The van der Waals surface area contributed by atoms with Crippen molar-refractivity contribution in [3.8, 4) is 0 Å². The van der Waals surface area contributed by atoms with Crippen LogP contribution in [0.15, 0.2) is 0 Å². The SMILES string of the molecule is OC(CN1CCS[C@H]2CCC[C@H]21)CN1CCS[C@@H]2CCC[C@@H]21. The summed E-state index contributed by atoms with van der Waals surface area (Å²) in [6.45, 7) is 4.18. The first-order valence-corrected chi connectivity index (χ1v) is 11.3. The van der Waals surface area contributed by atoms with Crippen molar-refractivity contribution in [1.29, 1.82) is 0 Å². The van der Waals surface area contributed by atoms with Crippen LogP contribution >= 0.6 is 23.5 Å². The molecule has 0 radical (unpaired) electrons. The van der Waals surface area contributed by atoms with Gasteiger partial charge in [0.25, 0.3) is 0 Å². The molecule has 0 aromatic rings. The fourth-order valence-electron chi connectivity index (χ4n) is 5.06. The van der Waals surface area contributed by atoms with Crippen LogP contribution in [0.3, 0.4) is 0 Å². The van der Waals surface area contributed by atoms with Crippen LogP contribution in [0.5, 0.6) is 0 Å². The molecule has 4 fully saturated rings. The maximum absolute atomic E-state index is 10.7. The fraction of sp³-hybridized carbons (Fsp3) is 1.00. The third-order valence-electron chi connectivity index (χ3n) is 6.08. The minimum absolute atomic E-state index is 0.159. The van der Waals surface area contributed by atoms with E-state index in [-0.39, 0.29) is 6.10 Å². The molecule has 0 spiro atoms. The van der Waals surface area contributed by atoms with E-state index in [0.29, 0.717) is 0 Å². The van der Waals surface area contributed by atoms with Crippen LogP contribution in [0.4, 0.5) is 0 Å². The molecular weight excluding hydrogens is 312 g/mol. The molecule has 4 rings (SSSR count). The Morgan fingerprint density at radius 2 is 1.32 bits per heavy atom. The van der Waals surface area contributed by atoms with Crippen LogP contribution in [-0.4, -0.2) is 81.3 Å². The summed E-state index contributed by atoms with van der Waals surface area (Å²) < 4.78 is 0. The second-order valence-corrected chi connectivity index (χ2v) is 10.2. The lowest BCUT2D eigenvalue weighted by atomic mass is 10.1. The molecule has 4 aliphatic rings. The summed E-state index contributed by atoms with van der Waals surface area (Å²) in [5.74, 6) is 2.53. The van der Waals surface area contributed by atoms with Crippen molar-refractivity contribution in [3.63, 3.8) is 0 Å². The van der Waals surface area contributed by atoms with E-state index in [9.17, 15) is 5.11 Å². The standard InChI is InChI=1S/C17H30N2OS2/c20-13(11-18-7-9-21-16-5-1-3-14(16)18)12-19-8-10-22-17-6-2-4-15(17)19/h13-17,20H,1-12H2/t13?,14-,15+,16+,17-. The van der Waals surface area contributed by atoms with Gasteiger partial charge in [-0.15, -0.1) is 0 Å². The average Bonchev–Trinajstić information content (AvgIpc) is 3.16. The summed E-state index contributed by atoms with van der Waals surface area (Å²) in [7, 11) is 0. The number of hydrogen-bond acceptors (Lipinski definition) is 5. The van der Waals surface area contributed by atoms with Crippen molar-refractivity contribution >= 4 is 23.5 Å².